The number of benzene rings is 3. The van der Waals surface area contributed by atoms with Crippen LogP contribution in [0.15, 0.2) is 66.7 Å². The molecule has 0 unspecified atom stereocenters. The quantitative estimate of drug-likeness (QED) is 0.299. The van der Waals surface area contributed by atoms with Crippen LogP contribution in [0.4, 0.5) is 5.69 Å². The van der Waals surface area contributed by atoms with Crippen molar-refractivity contribution < 1.29 is 27.5 Å². The Morgan fingerprint density at radius 1 is 0.952 bits per heavy atom. The number of halogens is 2. The highest BCUT2D eigenvalue weighted by Gasteiger charge is 2.34. The number of rotatable bonds is 12. The molecule has 9 nitrogen and oxygen atoms in total. The number of carbonyl (C=O) groups is 2. The molecule has 12 heteroatoms. The second-order valence-electron chi connectivity index (χ2n) is 10.1. The minimum Gasteiger partial charge on any atom is -0.454 e. The van der Waals surface area contributed by atoms with E-state index in [9.17, 15) is 18.0 Å². The van der Waals surface area contributed by atoms with Crippen LogP contribution < -0.4 is 19.1 Å². The fourth-order valence-corrected chi connectivity index (χ4v) is 5.65. The molecule has 0 bridgehead atoms. The highest BCUT2D eigenvalue weighted by atomic mass is 35.5. The molecule has 1 aliphatic rings. The molecule has 0 saturated carbocycles. The van der Waals surface area contributed by atoms with Crippen molar-refractivity contribution in [2.75, 3.05) is 23.9 Å². The highest BCUT2D eigenvalue weighted by Crippen LogP contribution is 2.36. The summed E-state index contributed by atoms with van der Waals surface area (Å²) >= 11 is 12.4. The van der Waals surface area contributed by atoms with Gasteiger partial charge in [0.05, 0.1) is 22.0 Å². The molecule has 42 heavy (non-hydrogen) atoms. The molecule has 2 amide bonds. The van der Waals surface area contributed by atoms with Crippen LogP contribution in [0.5, 0.6) is 11.5 Å². The number of nitrogens with one attached hydrogen (secondary N) is 1. The third kappa shape index (κ3) is 7.87. The van der Waals surface area contributed by atoms with Crippen molar-refractivity contribution in [2.45, 2.75) is 45.3 Å². The summed E-state index contributed by atoms with van der Waals surface area (Å²) in [6.45, 7) is 3.28. The van der Waals surface area contributed by atoms with Gasteiger partial charge < -0.3 is 19.7 Å². The summed E-state index contributed by atoms with van der Waals surface area (Å²) < 4.78 is 37.7. The minimum absolute atomic E-state index is 0.0140. The normalized spacial score (nSPS) is 13.7. The summed E-state index contributed by atoms with van der Waals surface area (Å²) in [5.74, 6) is -0.0828. The number of hydrogen-bond acceptors (Lipinski definition) is 6. The monoisotopic (exact) mass is 633 g/mol. The lowest BCUT2D eigenvalue weighted by atomic mass is 10.0. The van der Waals surface area contributed by atoms with Crippen molar-refractivity contribution in [1.82, 2.24) is 10.2 Å². The summed E-state index contributed by atoms with van der Waals surface area (Å²) in [6, 6.07) is 17.8. The first-order chi connectivity index (χ1) is 20.0. The summed E-state index contributed by atoms with van der Waals surface area (Å²) in [6.07, 6.45) is 1.92. The lowest BCUT2D eigenvalue weighted by Gasteiger charge is -2.34. The van der Waals surface area contributed by atoms with Gasteiger partial charge in [0, 0.05) is 25.1 Å². The molecule has 0 radical (unpaired) electrons. The van der Waals surface area contributed by atoms with Crippen LogP contribution in [0.25, 0.3) is 0 Å². The Hall–Kier alpha value is -3.47. The maximum absolute atomic E-state index is 14.2. The van der Waals surface area contributed by atoms with Crippen LogP contribution in [0.2, 0.25) is 10.0 Å². The Kier molecular flexibility index (Phi) is 10.2. The Balaban J connectivity index is 1.74. The zero-order chi connectivity index (χ0) is 30.4. The summed E-state index contributed by atoms with van der Waals surface area (Å²) in [7, 11) is -3.93. The number of anilines is 1. The predicted molar refractivity (Wildman–Crippen MR) is 164 cm³/mol. The molecule has 1 N–H and O–H groups in total. The van der Waals surface area contributed by atoms with Crippen LogP contribution in [0.1, 0.15) is 31.4 Å². The third-order valence-corrected chi connectivity index (χ3v) is 8.81. The van der Waals surface area contributed by atoms with Crippen molar-refractivity contribution in [3.05, 3.63) is 87.9 Å². The second kappa shape index (κ2) is 13.7. The van der Waals surface area contributed by atoms with Gasteiger partial charge in [-0.05, 0) is 48.7 Å². The van der Waals surface area contributed by atoms with E-state index < -0.39 is 28.5 Å². The lowest BCUT2D eigenvalue weighted by Crippen LogP contribution is -2.54. The fraction of sp³-hybridized carbons (Fsp3) is 0.333. The Bertz CT molecular complexity index is 1540. The largest absolute Gasteiger partial charge is 0.454 e. The molecule has 4 rings (SSSR count). The van der Waals surface area contributed by atoms with Gasteiger partial charge in [-0.1, -0.05) is 66.5 Å². The molecule has 2 atom stereocenters. The molecule has 1 heterocycles. The van der Waals surface area contributed by atoms with E-state index in [4.69, 9.17) is 32.7 Å². The van der Waals surface area contributed by atoms with E-state index in [0.717, 1.165) is 16.1 Å². The van der Waals surface area contributed by atoms with Gasteiger partial charge in [0.15, 0.2) is 11.5 Å². The van der Waals surface area contributed by atoms with E-state index in [1.807, 2.05) is 44.2 Å². The molecular weight excluding hydrogens is 601 g/mol. The zero-order valence-corrected chi connectivity index (χ0v) is 25.9. The number of amides is 2. The van der Waals surface area contributed by atoms with Gasteiger partial charge in [-0.15, -0.1) is 0 Å². The number of fused-ring (bicyclic) bond motifs is 1. The Morgan fingerprint density at radius 3 is 2.33 bits per heavy atom. The molecular formula is C30H33Cl2N3O6S. The van der Waals surface area contributed by atoms with E-state index in [-0.39, 0.29) is 37.4 Å². The van der Waals surface area contributed by atoms with Gasteiger partial charge in [0.1, 0.15) is 12.6 Å². The van der Waals surface area contributed by atoms with Crippen LogP contribution >= 0.6 is 23.2 Å². The highest BCUT2D eigenvalue weighted by molar-refractivity contribution is 7.92. The molecule has 3 aromatic carbocycles. The summed E-state index contributed by atoms with van der Waals surface area (Å²) in [4.78, 5) is 29.3. The van der Waals surface area contributed by atoms with E-state index in [1.165, 1.54) is 11.0 Å². The van der Waals surface area contributed by atoms with Gasteiger partial charge >= 0.3 is 0 Å². The van der Waals surface area contributed by atoms with Gasteiger partial charge in [0.25, 0.3) is 0 Å². The molecule has 0 saturated heterocycles. The molecule has 1 aliphatic heterocycles. The van der Waals surface area contributed by atoms with Crippen molar-refractivity contribution in [3.8, 4) is 11.5 Å². The van der Waals surface area contributed by atoms with Crippen molar-refractivity contribution >= 4 is 50.7 Å². The standard InChI is InChI=1S/C30H33Cl2N3O6S/c1-4-20(2)33-30(37)26(15-21-8-6-5-7-9-21)34(17-22-10-12-24(31)25(32)14-22)29(36)18-35(42(3,38)39)23-11-13-27-28(16-23)41-19-40-27/h5-14,16,20,26H,4,15,17-19H2,1-3H3,(H,33,37)/t20-,26-/m1/s1. The van der Waals surface area contributed by atoms with E-state index in [2.05, 4.69) is 5.32 Å². The zero-order valence-electron chi connectivity index (χ0n) is 23.5. The third-order valence-electron chi connectivity index (χ3n) is 6.93. The van der Waals surface area contributed by atoms with Gasteiger partial charge in [-0.3, -0.25) is 13.9 Å². The second-order valence-corrected chi connectivity index (χ2v) is 12.8. The average Bonchev–Trinajstić information content (AvgIpc) is 3.43. The topological polar surface area (TPSA) is 105 Å². The average molecular weight is 635 g/mol. The van der Waals surface area contributed by atoms with Crippen LogP contribution in [-0.4, -0.2) is 56.8 Å². The number of ether oxygens (including phenoxy) is 2. The van der Waals surface area contributed by atoms with Crippen molar-refractivity contribution in [3.63, 3.8) is 0 Å². The number of hydrogen-bond donors (Lipinski definition) is 1. The van der Waals surface area contributed by atoms with Crippen LogP contribution in [-0.2, 0) is 32.6 Å². The summed E-state index contributed by atoms with van der Waals surface area (Å²) in [5, 5.41) is 3.63. The Labute approximate surface area is 256 Å². The first-order valence-electron chi connectivity index (χ1n) is 13.4. The fourth-order valence-electron chi connectivity index (χ4n) is 4.48. The smallest absolute Gasteiger partial charge is 0.244 e. The first kappa shape index (κ1) is 31.5. The molecule has 0 spiro atoms. The van der Waals surface area contributed by atoms with Gasteiger partial charge in [0.2, 0.25) is 28.6 Å². The maximum Gasteiger partial charge on any atom is 0.244 e. The van der Waals surface area contributed by atoms with Crippen LogP contribution in [0.3, 0.4) is 0 Å². The lowest BCUT2D eigenvalue weighted by molar-refractivity contribution is -0.140. The molecule has 0 aromatic heterocycles. The van der Waals surface area contributed by atoms with E-state index >= 15 is 0 Å². The molecule has 224 valence electrons. The predicted octanol–water partition coefficient (Wildman–Crippen LogP) is 5.04. The van der Waals surface area contributed by atoms with Gasteiger partial charge in [-0.25, -0.2) is 8.42 Å². The van der Waals surface area contributed by atoms with Gasteiger partial charge in [-0.2, -0.15) is 0 Å². The minimum atomic E-state index is -3.93. The molecule has 0 fully saturated rings. The van der Waals surface area contributed by atoms with Crippen molar-refractivity contribution in [1.29, 1.82) is 0 Å². The van der Waals surface area contributed by atoms with E-state index in [0.29, 0.717) is 33.5 Å². The first-order valence-corrected chi connectivity index (χ1v) is 16.0. The number of sulfonamides is 1. The SMILES string of the molecule is CC[C@@H](C)NC(=O)[C@@H](Cc1ccccc1)N(Cc1ccc(Cl)c(Cl)c1)C(=O)CN(c1ccc2c(c1)OCO2)S(C)(=O)=O. The Morgan fingerprint density at radius 2 is 1.67 bits per heavy atom. The number of nitrogens with zero attached hydrogens (tertiary/aromatic N) is 2. The van der Waals surface area contributed by atoms with Crippen molar-refractivity contribution in [2.24, 2.45) is 0 Å². The summed E-state index contributed by atoms with van der Waals surface area (Å²) in [5.41, 5.74) is 1.69. The van der Waals surface area contributed by atoms with E-state index in [1.54, 1.807) is 30.3 Å². The molecule has 0 aliphatic carbocycles. The van der Waals surface area contributed by atoms with Crippen LogP contribution in [0, 0.1) is 0 Å². The maximum atomic E-state index is 14.2. The molecule has 3 aromatic rings. The number of carbonyl (C=O) groups excluding carboxylic acids is 2.